The van der Waals surface area contributed by atoms with Gasteiger partial charge in [0.05, 0.1) is 49.6 Å². The average molecular weight is 616 g/mol. The largest absolute Gasteiger partial charge is 0.393 e. The summed E-state index contributed by atoms with van der Waals surface area (Å²) in [6, 6.07) is 8.32. The summed E-state index contributed by atoms with van der Waals surface area (Å²) < 4.78 is 55.3. The second kappa shape index (κ2) is 11.6. The van der Waals surface area contributed by atoms with Crippen molar-refractivity contribution in [3.63, 3.8) is 0 Å². The highest BCUT2D eigenvalue weighted by molar-refractivity contribution is 6.39. The normalized spacial score (nSPS) is 16.1. The van der Waals surface area contributed by atoms with Gasteiger partial charge in [0.1, 0.15) is 5.82 Å². The van der Waals surface area contributed by atoms with E-state index in [1.165, 1.54) is 6.07 Å². The van der Waals surface area contributed by atoms with Crippen LogP contribution in [0.3, 0.4) is 0 Å². The smallest absolute Gasteiger partial charge is 0.370 e. The summed E-state index contributed by atoms with van der Waals surface area (Å²) >= 11 is 19.7. The fourth-order valence-corrected chi connectivity index (χ4v) is 5.68. The fourth-order valence-electron chi connectivity index (χ4n) is 4.87. The van der Waals surface area contributed by atoms with Crippen LogP contribution < -0.4 is 15.5 Å². The maximum absolute atomic E-state index is 13.4. The van der Waals surface area contributed by atoms with Crippen LogP contribution in [0.4, 0.5) is 34.9 Å². The zero-order valence-electron chi connectivity index (χ0n) is 21.3. The summed E-state index contributed by atoms with van der Waals surface area (Å²) in [6.45, 7) is 1.13. The molecule has 2 N–H and O–H groups in total. The number of pyridine rings is 1. The Morgan fingerprint density at radius 3 is 2.60 bits per heavy atom. The molecule has 1 atom stereocenters. The number of rotatable bonds is 7. The van der Waals surface area contributed by atoms with Crippen LogP contribution >= 0.6 is 34.8 Å². The molecule has 0 bridgehead atoms. The van der Waals surface area contributed by atoms with Crippen molar-refractivity contribution in [1.82, 2.24) is 19.9 Å². The number of piperidine rings is 1. The van der Waals surface area contributed by atoms with Gasteiger partial charge < -0.3 is 20.1 Å². The molecule has 0 saturated carbocycles. The maximum atomic E-state index is 13.4. The molecule has 2 aromatic carbocycles. The van der Waals surface area contributed by atoms with E-state index in [1.807, 2.05) is 0 Å². The zero-order valence-corrected chi connectivity index (χ0v) is 23.6. The van der Waals surface area contributed by atoms with Gasteiger partial charge in [-0.25, -0.2) is 9.37 Å². The molecule has 6 nitrogen and oxygen atoms in total. The summed E-state index contributed by atoms with van der Waals surface area (Å²) in [5, 5.41) is 7.50. The predicted molar refractivity (Wildman–Crippen MR) is 151 cm³/mol. The van der Waals surface area contributed by atoms with Crippen molar-refractivity contribution in [2.75, 3.05) is 23.3 Å². The minimum atomic E-state index is -4.25. The second-order valence-corrected chi connectivity index (χ2v) is 10.9. The number of nitrogens with zero attached hydrogens (tertiary/aromatic N) is 4. The van der Waals surface area contributed by atoms with Crippen molar-refractivity contribution in [3.8, 4) is 0 Å². The lowest BCUT2D eigenvalue weighted by Crippen LogP contribution is -2.41. The van der Waals surface area contributed by atoms with Gasteiger partial charge in [-0.1, -0.05) is 40.9 Å². The number of aryl methyl sites for hydroxylation is 1. The standard InChI is InChI=1S/C27H25Cl3F4N6/c1-39-23-9-22(40-6-2-3-17(14-40)27(32,33)34)20(29)8-21(23)37-26(39)38-25-19(28)5-4-16(24(25)30)12-35-10-15-7-18(31)13-36-11-15/h4-5,7-9,11,13,17,35H,2-3,6,10,12,14H2,1H3,(H,37,38). The Hall–Kier alpha value is -2.79. The average Bonchev–Trinajstić information content (AvgIpc) is 3.20. The number of anilines is 3. The molecule has 212 valence electrons. The minimum Gasteiger partial charge on any atom is -0.370 e. The lowest BCUT2D eigenvalue weighted by atomic mass is 9.97. The zero-order chi connectivity index (χ0) is 28.6. The second-order valence-electron chi connectivity index (χ2n) is 9.75. The molecule has 1 aliphatic rings. The number of hydrogen-bond acceptors (Lipinski definition) is 5. The van der Waals surface area contributed by atoms with Gasteiger partial charge >= 0.3 is 6.18 Å². The van der Waals surface area contributed by atoms with E-state index in [9.17, 15) is 17.6 Å². The number of halogens is 7. The Morgan fingerprint density at radius 2 is 1.85 bits per heavy atom. The summed E-state index contributed by atoms with van der Waals surface area (Å²) in [7, 11) is 1.78. The first-order valence-corrected chi connectivity index (χ1v) is 13.7. The van der Waals surface area contributed by atoms with Crippen molar-refractivity contribution in [2.24, 2.45) is 13.0 Å². The van der Waals surface area contributed by atoms with Crippen LogP contribution in [0.1, 0.15) is 24.0 Å². The molecule has 0 radical (unpaired) electrons. The third-order valence-corrected chi connectivity index (χ3v) is 8.04. The summed E-state index contributed by atoms with van der Waals surface area (Å²) in [5.41, 5.74) is 3.69. The lowest BCUT2D eigenvalue weighted by Gasteiger charge is -2.35. The molecular formula is C27H25Cl3F4N6. The summed E-state index contributed by atoms with van der Waals surface area (Å²) in [5.74, 6) is -1.38. The number of alkyl halides is 3. The molecule has 0 aliphatic carbocycles. The van der Waals surface area contributed by atoms with E-state index in [4.69, 9.17) is 34.8 Å². The predicted octanol–water partition coefficient (Wildman–Crippen LogP) is 7.88. The van der Waals surface area contributed by atoms with Crippen LogP contribution in [0.15, 0.2) is 42.7 Å². The highest BCUT2D eigenvalue weighted by Gasteiger charge is 2.42. The molecule has 5 rings (SSSR count). The number of benzene rings is 2. The first-order valence-electron chi connectivity index (χ1n) is 12.5. The summed E-state index contributed by atoms with van der Waals surface area (Å²) in [6.07, 6.45) is -0.992. The van der Waals surface area contributed by atoms with Gasteiger partial charge in [-0.2, -0.15) is 13.2 Å². The van der Waals surface area contributed by atoms with Gasteiger partial charge in [0.2, 0.25) is 5.95 Å². The van der Waals surface area contributed by atoms with E-state index in [0.717, 1.165) is 11.8 Å². The van der Waals surface area contributed by atoms with Crippen molar-refractivity contribution in [2.45, 2.75) is 32.1 Å². The monoisotopic (exact) mass is 614 g/mol. The Kier molecular flexibility index (Phi) is 8.33. The molecular weight excluding hydrogens is 591 g/mol. The van der Waals surface area contributed by atoms with Crippen LogP contribution in [-0.2, 0) is 20.1 Å². The molecule has 0 amide bonds. The number of aromatic nitrogens is 3. The first kappa shape index (κ1) is 28.7. The van der Waals surface area contributed by atoms with Crippen LogP contribution in [-0.4, -0.2) is 33.8 Å². The fraction of sp³-hybridized carbons (Fsp3) is 0.333. The van der Waals surface area contributed by atoms with Gasteiger partial charge in [0.15, 0.2) is 0 Å². The highest BCUT2D eigenvalue weighted by atomic mass is 35.5. The topological polar surface area (TPSA) is 58.0 Å². The molecule has 1 unspecified atom stereocenters. The van der Waals surface area contributed by atoms with E-state index in [2.05, 4.69) is 20.6 Å². The Bertz CT molecular complexity index is 1540. The Labute approximate surface area is 243 Å². The van der Waals surface area contributed by atoms with Crippen molar-refractivity contribution in [3.05, 3.63) is 74.7 Å². The van der Waals surface area contributed by atoms with Crippen LogP contribution in [0.2, 0.25) is 15.1 Å². The van der Waals surface area contributed by atoms with E-state index < -0.39 is 17.9 Å². The number of fused-ring (bicyclic) bond motifs is 1. The maximum Gasteiger partial charge on any atom is 0.393 e. The molecule has 3 heterocycles. The minimum absolute atomic E-state index is 0.109. The van der Waals surface area contributed by atoms with E-state index >= 15 is 0 Å². The third kappa shape index (κ3) is 6.10. The van der Waals surface area contributed by atoms with Crippen LogP contribution in [0.5, 0.6) is 0 Å². The number of nitrogens with one attached hydrogen (secondary N) is 2. The Morgan fingerprint density at radius 1 is 1.05 bits per heavy atom. The number of imidazole rings is 1. The molecule has 40 heavy (non-hydrogen) atoms. The third-order valence-electron chi connectivity index (χ3n) is 6.99. The van der Waals surface area contributed by atoms with Gasteiger partial charge in [-0.15, -0.1) is 0 Å². The lowest BCUT2D eigenvalue weighted by molar-refractivity contribution is -0.175. The van der Waals surface area contributed by atoms with E-state index in [1.54, 1.807) is 47.0 Å². The van der Waals surface area contributed by atoms with Crippen molar-refractivity contribution in [1.29, 1.82) is 0 Å². The SMILES string of the molecule is Cn1c(Nc2c(Cl)ccc(CNCc3cncc(F)c3)c2Cl)nc2cc(Cl)c(N3CCCC(C(F)(F)F)C3)cc21. The van der Waals surface area contributed by atoms with Crippen LogP contribution in [0.25, 0.3) is 11.0 Å². The molecule has 1 aliphatic heterocycles. The van der Waals surface area contributed by atoms with Gasteiger partial charge in [0.25, 0.3) is 0 Å². The molecule has 2 aromatic heterocycles. The molecule has 1 saturated heterocycles. The molecule has 1 fully saturated rings. The van der Waals surface area contributed by atoms with Gasteiger partial charge in [-0.05, 0) is 48.2 Å². The Balaban J connectivity index is 1.37. The highest BCUT2D eigenvalue weighted by Crippen LogP contribution is 2.40. The molecule has 0 spiro atoms. The van der Waals surface area contributed by atoms with Gasteiger partial charge in [0, 0.05) is 39.4 Å². The quantitative estimate of drug-likeness (QED) is 0.207. The molecule has 13 heteroatoms. The van der Waals surface area contributed by atoms with E-state index in [0.29, 0.717) is 75.0 Å². The first-order chi connectivity index (χ1) is 19.0. The van der Waals surface area contributed by atoms with E-state index in [-0.39, 0.29) is 13.0 Å². The van der Waals surface area contributed by atoms with Crippen molar-refractivity contribution >= 4 is 63.2 Å². The summed E-state index contributed by atoms with van der Waals surface area (Å²) in [4.78, 5) is 10.2. The molecule has 4 aromatic rings. The van der Waals surface area contributed by atoms with Crippen molar-refractivity contribution < 1.29 is 17.6 Å². The number of hydrogen-bond donors (Lipinski definition) is 2. The van der Waals surface area contributed by atoms with Gasteiger partial charge in [-0.3, -0.25) is 4.98 Å². The van der Waals surface area contributed by atoms with Crippen LogP contribution in [0, 0.1) is 11.7 Å².